The Bertz CT molecular complexity index is 1280. The van der Waals surface area contributed by atoms with Gasteiger partial charge in [-0.1, -0.05) is 35.3 Å². The highest BCUT2D eigenvalue weighted by atomic mass is 35.5. The third-order valence-electron chi connectivity index (χ3n) is 5.67. The van der Waals surface area contributed by atoms with Crippen LogP contribution in [0.25, 0.3) is 0 Å². The molecule has 3 aromatic rings. The first-order valence-electron chi connectivity index (χ1n) is 11.4. The number of nitrogens with zero attached hydrogens (tertiary/aromatic N) is 3. The molecule has 0 radical (unpaired) electrons. The second kappa shape index (κ2) is 9.91. The molecule has 184 valence electrons. The van der Waals surface area contributed by atoms with E-state index in [4.69, 9.17) is 27.9 Å². The SMILES string of the molecule is Cc1cc(NC(=O)c2ccc3c(c2)CCN(C(=O)OC(C)(C)C)C3)nn1Cc1ccc(Cl)c(Cl)c1. The monoisotopic (exact) mass is 514 g/mol. The van der Waals surface area contributed by atoms with Crippen molar-refractivity contribution in [1.29, 1.82) is 0 Å². The lowest BCUT2D eigenvalue weighted by atomic mass is 9.97. The van der Waals surface area contributed by atoms with E-state index in [1.165, 1.54) is 0 Å². The van der Waals surface area contributed by atoms with E-state index in [-0.39, 0.29) is 12.0 Å². The lowest BCUT2D eigenvalue weighted by molar-refractivity contribution is 0.0224. The van der Waals surface area contributed by atoms with Crippen molar-refractivity contribution >= 4 is 41.0 Å². The number of carbonyl (C=O) groups is 2. The molecule has 0 saturated carbocycles. The smallest absolute Gasteiger partial charge is 0.410 e. The van der Waals surface area contributed by atoms with Crippen LogP contribution in [0.5, 0.6) is 0 Å². The molecule has 0 bridgehead atoms. The molecule has 1 aromatic heterocycles. The number of ether oxygens (including phenoxy) is 1. The number of benzene rings is 2. The van der Waals surface area contributed by atoms with Gasteiger partial charge in [-0.25, -0.2) is 4.79 Å². The molecule has 35 heavy (non-hydrogen) atoms. The highest BCUT2D eigenvalue weighted by Crippen LogP contribution is 2.25. The van der Waals surface area contributed by atoms with E-state index in [1.54, 1.807) is 27.8 Å². The van der Waals surface area contributed by atoms with E-state index in [9.17, 15) is 9.59 Å². The molecular weight excluding hydrogens is 487 g/mol. The van der Waals surface area contributed by atoms with E-state index in [1.807, 2.05) is 52.0 Å². The van der Waals surface area contributed by atoms with Crippen LogP contribution >= 0.6 is 23.2 Å². The van der Waals surface area contributed by atoms with Gasteiger partial charge in [0, 0.05) is 30.4 Å². The van der Waals surface area contributed by atoms with Crippen LogP contribution in [0, 0.1) is 6.92 Å². The van der Waals surface area contributed by atoms with Gasteiger partial charge in [-0.15, -0.1) is 0 Å². The van der Waals surface area contributed by atoms with E-state index in [0.29, 0.717) is 47.5 Å². The summed E-state index contributed by atoms with van der Waals surface area (Å²) in [6.45, 7) is 9.00. The fraction of sp³-hybridized carbons (Fsp3) is 0.346. The summed E-state index contributed by atoms with van der Waals surface area (Å²) < 4.78 is 7.28. The first-order chi connectivity index (χ1) is 16.5. The second-order valence-electron chi connectivity index (χ2n) is 9.67. The summed E-state index contributed by atoms with van der Waals surface area (Å²) in [6, 6.07) is 12.8. The van der Waals surface area contributed by atoms with E-state index < -0.39 is 5.60 Å². The molecule has 4 rings (SSSR count). The third-order valence-corrected chi connectivity index (χ3v) is 6.41. The molecule has 7 nitrogen and oxygen atoms in total. The summed E-state index contributed by atoms with van der Waals surface area (Å²) in [5, 5.41) is 8.39. The molecular formula is C26H28Cl2N4O3. The van der Waals surface area contributed by atoms with Crippen molar-refractivity contribution in [2.45, 2.75) is 52.8 Å². The molecule has 2 heterocycles. The Labute approximate surface area is 215 Å². The zero-order chi connectivity index (χ0) is 25.3. The summed E-state index contributed by atoms with van der Waals surface area (Å²) >= 11 is 12.1. The van der Waals surface area contributed by atoms with Gasteiger partial charge in [0.2, 0.25) is 0 Å². The minimum absolute atomic E-state index is 0.235. The topological polar surface area (TPSA) is 76.5 Å². The van der Waals surface area contributed by atoms with Crippen molar-refractivity contribution in [3.8, 4) is 0 Å². The average molecular weight is 515 g/mol. The van der Waals surface area contributed by atoms with Crippen LogP contribution < -0.4 is 5.32 Å². The molecule has 0 fully saturated rings. The van der Waals surface area contributed by atoms with Gasteiger partial charge in [-0.05, 0) is 75.1 Å². The van der Waals surface area contributed by atoms with Crippen LogP contribution in [-0.2, 0) is 24.2 Å². The van der Waals surface area contributed by atoms with Gasteiger partial charge < -0.3 is 15.0 Å². The predicted molar refractivity (Wildman–Crippen MR) is 137 cm³/mol. The number of carbonyl (C=O) groups excluding carboxylic acids is 2. The fourth-order valence-corrected chi connectivity index (χ4v) is 4.23. The zero-order valence-corrected chi connectivity index (χ0v) is 21.7. The van der Waals surface area contributed by atoms with Gasteiger partial charge in [0.1, 0.15) is 5.60 Å². The first-order valence-corrected chi connectivity index (χ1v) is 12.1. The number of nitrogens with one attached hydrogen (secondary N) is 1. The van der Waals surface area contributed by atoms with Gasteiger partial charge in [0.25, 0.3) is 5.91 Å². The Kier molecular flexibility index (Phi) is 7.10. The van der Waals surface area contributed by atoms with E-state index in [0.717, 1.165) is 22.4 Å². The molecule has 0 atom stereocenters. The van der Waals surface area contributed by atoms with Crippen LogP contribution in [0.1, 0.15) is 53.5 Å². The van der Waals surface area contributed by atoms with Gasteiger partial charge in [-0.3, -0.25) is 9.48 Å². The molecule has 0 spiro atoms. The molecule has 1 N–H and O–H groups in total. The van der Waals surface area contributed by atoms with Gasteiger partial charge >= 0.3 is 6.09 Å². The molecule has 0 aliphatic carbocycles. The Balaban J connectivity index is 1.42. The minimum Gasteiger partial charge on any atom is -0.444 e. The van der Waals surface area contributed by atoms with Crippen LogP contribution in [-0.4, -0.2) is 38.8 Å². The van der Waals surface area contributed by atoms with Crippen molar-refractivity contribution in [2.75, 3.05) is 11.9 Å². The number of fused-ring (bicyclic) bond motifs is 1. The van der Waals surface area contributed by atoms with Gasteiger partial charge in [-0.2, -0.15) is 5.10 Å². The number of rotatable bonds is 4. The normalized spacial score (nSPS) is 13.4. The van der Waals surface area contributed by atoms with Crippen LogP contribution in [0.15, 0.2) is 42.5 Å². The number of aromatic nitrogens is 2. The Morgan fingerprint density at radius 3 is 2.54 bits per heavy atom. The number of hydrogen-bond acceptors (Lipinski definition) is 4. The summed E-state index contributed by atoms with van der Waals surface area (Å²) in [5.74, 6) is 0.239. The summed E-state index contributed by atoms with van der Waals surface area (Å²) in [4.78, 5) is 27.0. The lowest BCUT2D eigenvalue weighted by Gasteiger charge is -2.31. The maximum atomic E-state index is 12.9. The number of hydrogen-bond donors (Lipinski definition) is 1. The summed E-state index contributed by atoms with van der Waals surface area (Å²) in [7, 11) is 0. The zero-order valence-electron chi connectivity index (χ0n) is 20.2. The summed E-state index contributed by atoms with van der Waals surface area (Å²) in [6.07, 6.45) is 0.337. The third kappa shape index (κ3) is 6.16. The molecule has 1 aliphatic heterocycles. The van der Waals surface area contributed by atoms with Gasteiger partial charge in [0.15, 0.2) is 5.82 Å². The number of aryl methyl sites for hydroxylation is 1. The quantitative estimate of drug-likeness (QED) is 0.456. The molecule has 2 amide bonds. The maximum Gasteiger partial charge on any atom is 0.410 e. The standard InChI is InChI=1S/C26H28Cl2N4O3/c1-16-11-23(30-32(16)14-17-5-8-21(27)22(28)12-17)29-24(33)19-6-7-20-15-31(10-9-18(20)13-19)25(34)35-26(2,3)4/h5-8,11-13H,9-10,14-15H2,1-4H3,(H,29,30,33). The average Bonchev–Trinajstić information content (AvgIpc) is 3.12. The van der Waals surface area contributed by atoms with Crippen LogP contribution in [0.3, 0.4) is 0 Å². The molecule has 2 aromatic carbocycles. The Morgan fingerprint density at radius 2 is 1.83 bits per heavy atom. The largest absolute Gasteiger partial charge is 0.444 e. The van der Waals surface area contributed by atoms with Crippen molar-refractivity contribution in [3.05, 3.63) is 80.5 Å². The van der Waals surface area contributed by atoms with E-state index in [2.05, 4.69) is 10.4 Å². The van der Waals surface area contributed by atoms with Crippen molar-refractivity contribution < 1.29 is 14.3 Å². The second-order valence-corrected chi connectivity index (χ2v) is 10.5. The van der Waals surface area contributed by atoms with Crippen molar-refractivity contribution in [3.63, 3.8) is 0 Å². The Morgan fingerprint density at radius 1 is 1.06 bits per heavy atom. The highest BCUT2D eigenvalue weighted by molar-refractivity contribution is 6.42. The molecule has 9 heteroatoms. The predicted octanol–water partition coefficient (Wildman–Crippen LogP) is 6.09. The maximum absolute atomic E-state index is 12.9. The number of anilines is 1. The minimum atomic E-state index is -0.535. The van der Waals surface area contributed by atoms with E-state index >= 15 is 0 Å². The fourth-order valence-electron chi connectivity index (χ4n) is 3.91. The molecule has 0 unspecified atom stereocenters. The summed E-state index contributed by atoms with van der Waals surface area (Å²) in [5.41, 5.74) is 3.94. The first kappa shape index (κ1) is 25.1. The highest BCUT2D eigenvalue weighted by Gasteiger charge is 2.26. The van der Waals surface area contributed by atoms with Crippen LogP contribution in [0.2, 0.25) is 10.0 Å². The Hall–Kier alpha value is -3.03. The van der Waals surface area contributed by atoms with Crippen molar-refractivity contribution in [1.82, 2.24) is 14.7 Å². The number of amides is 2. The molecule has 1 aliphatic rings. The number of halogens is 2. The lowest BCUT2D eigenvalue weighted by Crippen LogP contribution is -2.39. The molecule has 0 saturated heterocycles. The van der Waals surface area contributed by atoms with Gasteiger partial charge in [0.05, 0.1) is 16.6 Å². The van der Waals surface area contributed by atoms with Crippen molar-refractivity contribution in [2.24, 2.45) is 0 Å². The van der Waals surface area contributed by atoms with Crippen LogP contribution in [0.4, 0.5) is 10.6 Å².